The average molecular weight is 239 g/mol. The van der Waals surface area contributed by atoms with Crippen LogP contribution in [0.15, 0.2) is 24.3 Å². The summed E-state index contributed by atoms with van der Waals surface area (Å²) in [6.07, 6.45) is 0. The maximum Gasteiger partial charge on any atom is 0.252 e. The molecule has 0 fully saturated rings. The fourth-order valence-electron chi connectivity index (χ4n) is 1.15. The first-order valence-corrected chi connectivity index (χ1v) is 5.00. The summed E-state index contributed by atoms with van der Waals surface area (Å²) in [5.74, 6) is -0.342. The highest BCUT2D eigenvalue weighted by Crippen LogP contribution is 2.10. The molecule has 84 valence electrons. The second-order valence-electron chi connectivity index (χ2n) is 3.12. The minimum atomic E-state index is -0.656. The Hall–Kier alpha value is -1.57. The molecule has 0 aliphatic rings. The summed E-state index contributed by atoms with van der Waals surface area (Å²) >= 11 is 5.75. The van der Waals surface area contributed by atoms with Crippen molar-refractivity contribution >= 4 is 17.5 Å². The molecule has 1 atom stereocenters. The van der Waals surface area contributed by atoms with Crippen molar-refractivity contribution in [1.82, 2.24) is 5.32 Å². The highest BCUT2D eigenvalue weighted by Gasteiger charge is 2.12. The van der Waals surface area contributed by atoms with E-state index < -0.39 is 6.04 Å². The van der Waals surface area contributed by atoms with Crippen molar-refractivity contribution in [3.63, 3.8) is 0 Å². The van der Waals surface area contributed by atoms with Gasteiger partial charge in [-0.1, -0.05) is 17.7 Å². The predicted octanol–water partition coefficient (Wildman–Crippen LogP) is 1.61. The minimum absolute atomic E-state index is 0.156. The van der Waals surface area contributed by atoms with E-state index in [-0.39, 0.29) is 12.5 Å². The fraction of sp³-hybridized carbons (Fsp3) is 0.273. The molecule has 4 nitrogen and oxygen atoms in total. The van der Waals surface area contributed by atoms with Gasteiger partial charge in [-0.3, -0.25) is 4.79 Å². The Morgan fingerprint density at radius 3 is 3.00 bits per heavy atom. The molecule has 0 radical (unpaired) electrons. The number of benzene rings is 1. The normalized spacial score (nSPS) is 11.6. The summed E-state index contributed by atoms with van der Waals surface area (Å²) in [5.41, 5.74) is 0.420. The number of nitrogens with one attached hydrogen (secondary N) is 1. The van der Waals surface area contributed by atoms with Crippen LogP contribution in [0.5, 0.6) is 0 Å². The highest BCUT2D eigenvalue weighted by molar-refractivity contribution is 6.30. The third-order valence-electron chi connectivity index (χ3n) is 1.88. The van der Waals surface area contributed by atoms with Gasteiger partial charge < -0.3 is 10.1 Å². The molecule has 5 heteroatoms. The van der Waals surface area contributed by atoms with Gasteiger partial charge in [0.1, 0.15) is 6.04 Å². The lowest BCUT2D eigenvalue weighted by Crippen LogP contribution is -2.36. The maximum atomic E-state index is 11.7. The topological polar surface area (TPSA) is 62.1 Å². The summed E-state index contributed by atoms with van der Waals surface area (Å²) in [4.78, 5) is 11.7. The molecule has 1 aromatic carbocycles. The molecular weight excluding hydrogens is 228 g/mol. The van der Waals surface area contributed by atoms with Crippen LogP contribution >= 0.6 is 11.6 Å². The number of hydrogen-bond donors (Lipinski definition) is 1. The van der Waals surface area contributed by atoms with Crippen LogP contribution in [-0.4, -0.2) is 25.7 Å². The number of nitriles is 1. The lowest BCUT2D eigenvalue weighted by Gasteiger charge is -2.10. The van der Waals surface area contributed by atoms with Crippen molar-refractivity contribution in [3.8, 4) is 6.07 Å². The van der Waals surface area contributed by atoms with Crippen molar-refractivity contribution < 1.29 is 9.53 Å². The Labute approximate surface area is 98.8 Å². The Bertz CT molecular complexity index is 415. The van der Waals surface area contributed by atoms with Crippen LogP contribution in [0.1, 0.15) is 10.4 Å². The zero-order valence-electron chi connectivity index (χ0n) is 8.74. The molecule has 1 N–H and O–H groups in total. The summed E-state index contributed by atoms with van der Waals surface area (Å²) < 4.78 is 4.79. The number of hydrogen-bond acceptors (Lipinski definition) is 3. The van der Waals surface area contributed by atoms with E-state index in [9.17, 15) is 4.79 Å². The van der Waals surface area contributed by atoms with Crippen LogP contribution in [0.25, 0.3) is 0 Å². The monoisotopic (exact) mass is 238 g/mol. The number of amides is 1. The van der Waals surface area contributed by atoms with Gasteiger partial charge >= 0.3 is 0 Å². The van der Waals surface area contributed by atoms with E-state index in [1.54, 1.807) is 18.2 Å². The molecule has 1 amide bonds. The van der Waals surface area contributed by atoms with Crippen molar-refractivity contribution in [2.45, 2.75) is 6.04 Å². The van der Waals surface area contributed by atoms with E-state index in [2.05, 4.69) is 5.32 Å². The number of nitrogens with zero attached hydrogens (tertiary/aromatic N) is 1. The first kappa shape index (κ1) is 12.5. The van der Waals surface area contributed by atoms with E-state index in [0.717, 1.165) is 0 Å². The van der Waals surface area contributed by atoms with Crippen molar-refractivity contribution in [1.29, 1.82) is 5.26 Å². The number of carbonyl (C=O) groups is 1. The summed E-state index contributed by atoms with van der Waals surface area (Å²) in [5, 5.41) is 11.7. The molecule has 1 aromatic rings. The van der Waals surface area contributed by atoms with Gasteiger partial charge in [-0.05, 0) is 18.2 Å². The van der Waals surface area contributed by atoms with Crippen molar-refractivity contribution in [3.05, 3.63) is 34.9 Å². The molecule has 0 saturated heterocycles. The largest absolute Gasteiger partial charge is 0.381 e. The second kappa shape index (κ2) is 6.11. The van der Waals surface area contributed by atoms with E-state index in [0.29, 0.717) is 10.6 Å². The molecule has 1 rings (SSSR count). The Morgan fingerprint density at radius 2 is 2.44 bits per heavy atom. The smallest absolute Gasteiger partial charge is 0.252 e. The summed E-state index contributed by atoms with van der Waals surface area (Å²) in [6, 6.07) is 7.79. The number of carbonyl (C=O) groups excluding carboxylic acids is 1. The van der Waals surface area contributed by atoms with Crippen LogP contribution < -0.4 is 5.32 Å². The quantitative estimate of drug-likeness (QED) is 0.867. The first-order chi connectivity index (χ1) is 7.67. The molecule has 0 aromatic heterocycles. The molecule has 1 unspecified atom stereocenters. The number of halogens is 1. The third-order valence-corrected chi connectivity index (χ3v) is 2.12. The van der Waals surface area contributed by atoms with E-state index in [1.165, 1.54) is 13.2 Å². The zero-order valence-corrected chi connectivity index (χ0v) is 9.49. The molecule has 0 aliphatic carbocycles. The van der Waals surface area contributed by atoms with Gasteiger partial charge in [-0.25, -0.2) is 0 Å². The standard InChI is InChI=1S/C11H11ClN2O2/c1-16-7-10(6-13)14-11(15)8-3-2-4-9(12)5-8/h2-5,10H,7H2,1H3,(H,14,15). The lowest BCUT2D eigenvalue weighted by atomic mass is 10.2. The average Bonchev–Trinajstić information content (AvgIpc) is 2.28. The van der Waals surface area contributed by atoms with Gasteiger partial charge in [0.15, 0.2) is 0 Å². The third kappa shape index (κ3) is 3.54. The molecule has 16 heavy (non-hydrogen) atoms. The van der Waals surface area contributed by atoms with Gasteiger partial charge in [0.2, 0.25) is 0 Å². The van der Waals surface area contributed by atoms with E-state index in [1.807, 2.05) is 6.07 Å². The van der Waals surface area contributed by atoms with Crippen LogP contribution in [0.2, 0.25) is 5.02 Å². The molecule has 0 heterocycles. The molecule has 0 spiro atoms. The first-order valence-electron chi connectivity index (χ1n) is 4.62. The molecular formula is C11H11ClN2O2. The second-order valence-corrected chi connectivity index (χ2v) is 3.56. The van der Waals surface area contributed by atoms with E-state index in [4.69, 9.17) is 21.6 Å². The number of rotatable bonds is 4. The van der Waals surface area contributed by atoms with Gasteiger partial charge in [0.25, 0.3) is 5.91 Å². The number of ether oxygens (including phenoxy) is 1. The lowest BCUT2D eigenvalue weighted by molar-refractivity contribution is 0.0918. The van der Waals surface area contributed by atoms with Crippen LogP contribution in [0, 0.1) is 11.3 Å². The van der Waals surface area contributed by atoms with Gasteiger partial charge in [0.05, 0.1) is 12.7 Å². The summed E-state index contributed by atoms with van der Waals surface area (Å²) in [7, 11) is 1.47. The fourth-order valence-corrected chi connectivity index (χ4v) is 1.34. The van der Waals surface area contributed by atoms with Gasteiger partial charge in [0, 0.05) is 17.7 Å². The Kier molecular flexibility index (Phi) is 4.77. The molecule has 0 saturated carbocycles. The molecule has 0 bridgehead atoms. The molecule has 0 aliphatic heterocycles. The van der Waals surface area contributed by atoms with Gasteiger partial charge in [-0.2, -0.15) is 5.26 Å². The predicted molar refractivity (Wildman–Crippen MR) is 60.2 cm³/mol. The van der Waals surface area contributed by atoms with Crippen molar-refractivity contribution in [2.75, 3.05) is 13.7 Å². The zero-order chi connectivity index (χ0) is 12.0. The van der Waals surface area contributed by atoms with Crippen LogP contribution in [0.3, 0.4) is 0 Å². The van der Waals surface area contributed by atoms with E-state index >= 15 is 0 Å². The minimum Gasteiger partial charge on any atom is -0.381 e. The van der Waals surface area contributed by atoms with Crippen LogP contribution in [-0.2, 0) is 4.74 Å². The van der Waals surface area contributed by atoms with Crippen LogP contribution in [0.4, 0.5) is 0 Å². The SMILES string of the molecule is COCC(C#N)NC(=O)c1cccc(Cl)c1. The Balaban J connectivity index is 2.69. The highest BCUT2D eigenvalue weighted by atomic mass is 35.5. The Morgan fingerprint density at radius 1 is 1.69 bits per heavy atom. The maximum absolute atomic E-state index is 11.7. The van der Waals surface area contributed by atoms with Gasteiger partial charge in [-0.15, -0.1) is 0 Å². The number of methoxy groups -OCH3 is 1. The van der Waals surface area contributed by atoms with Crippen molar-refractivity contribution in [2.24, 2.45) is 0 Å². The summed E-state index contributed by atoms with van der Waals surface area (Å²) in [6.45, 7) is 0.156.